The molecular weight excluding hydrogens is 288 g/mol. The Labute approximate surface area is 129 Å². The van der Waals surface area contributed by atoms with Crippen LogP contribution in [0.3, 0.4) is 0 Å². The van der Waals surface area contributed by atoms with E-state index in [1.807, 2.05) is 13.8 Å². The fraction of sp³-hybridized carbons (Fsp3) is 0.643. The van der Waals surface area contributed by atoms with Crippen LogP contribution in [0.4, 0.5) is 11.5 Å². The molecule has 1 aromatic rings. The highest BCUT2D eigenvalue weighted by atomic mass is 16.6. The summed E-state index contributed by atoms with van der Waals surface area (Å²) >= 11 is 0. The first-order chi connectivity index (χ1) is 10.3. The SMILES string of the molecule is CC=Nc1c(C)ncnc1N.C[C@@H]1O[C@H]([C@@H](C)O)[C@@H](O)[C@H]1O. The zero-order valence-electron chi connectivity index (χ0n) is 13.2. The van der Waals surface area contributed by atoms with E-state index in [9.17, 15) is 10.2 Å². The van der Waals surface area contributed by atoms with E-state index in [2.05, 4.69) is 15.0 Å². The fourth-order valence-corrected chi connectivity index (χ4v) is 2.05. The van der Waals surface area contributed by atoms with Crippen molar-refractivity contribution >= 4 is 17.7 Å². The predicted octanol–water partition coefficient (Wildman–Crippen LogP) is -0.0343. The highest BCUT2D eigenvalue weighted by Gasteiger charge is 2.42. The van der Waals surface area contributed by atoms with E-state index in [4.69, 9.17) is 15.6 Å². The molecule has 0 spiro atoms. The number of aliphatic imine (C=N–C) groups is 1. The van der Waals surface area contributed by atoms with E-state index in [1.54, 1.807) is 13.1 Å². The van der Waals surface area contributed by atoms with Crippen molar-refractivity contribution in [1.82, 2.24) is 9.97 Å². The van der Waals surface area contributed by atoms with Crippen molar-refractivity contribution in [2.75, 3.05) is 5.73 Å². The van der Waals surface area contributed by atoms with Crippen molar-refractivity contribution in [3.8, 4) is 0 Å². The van der Waals surface area contributed by atoms with Gasteiger partial charge in [0, 0.05) is 6.21 Å². The molecule has 1 aliphatic heterocycles. The molecule has 1 aliphatic rings. The molecule has 2 rings (SSSR count). The number of nitrogens with two attached hydrogens (primary N) is 1. The Kier molecular flexibility index (Phi) is 6.82. The largest absolute Gasteiger partial charge is 0.391 e. The Morgan fingerprint density at radius 3 is 2.36 bits per heavy atom. The molecular formula is C14H24N4O4. The summed E-state index contributed by atoms with van der Waals surface area (Å²) in [6, 6.07) is 0. The van der Waals surface area contributed by atoms with Crippen LogP contribution in [0.2, 0.25) is 0 Å². The summed E-state index contributed by atoms with van der Waals surface area (Å²) < 4.78 is 5.10. The van der Waals surface area contributed by atoms with Crippen LogP contribution in [-0.4, -0.2) is 62.0 Å². The lowest BCUT2D eigenvalue weighted by Crippen LogP contribution is -2.37. The van der Waals surface area contributed by atoms with Gasteiger partial charge in [0.05, 0.1) is 17.9 Å². The Bertz CT molecular complexity index is 489. The molecule has 22 heavy (non-hydrogen) atoms. The Morgan fingerprint density at radius 2 is 2.00 bits per heavy atom. The van der Waals surface area contributed by atoms with E-state index < -0.39 is 30.5 Å². The average Bonchev–Trinajstić information content (AvgIpc) is 2.72. The summed E-state index contributed by atoms with van der Waals surface area (Å²) in [7, 11) is 0. The number of hydrogen-bond acceptors (Lipinski definition) is 8. The lowest BCUT2D eigenvalue weighted by molar-refractivity contribution is -0.0546. The highest BCUT2D eigenvalue weighted by molar-refractivity contribution is 5.68. The summed E-state index contributed by atoms with van der Waals surface area (Å²) in [5.74, 6) is 0.426. The molecule has 0 aliphatic carbocycles. The molecule has 1 aromatic heterocycles. The number of anilines is 1. The molecule has 5 atom stereocenters. The van der Waals surface area contributed by atoms with Crippen molar-refractivity contribution in [2.24, 2.45) is 4.99 Å². The van der Waals surface area contributed by atoms with Crippen LogP contribution in [0.15, 0.2) is 11.3 Å². The maximum atomic E-state index is 9.26. The van der Waals surface area contributed by atoms with Gasteiger partial charge in [-0.2, -0.15) is 0 Å². The third kappa shape index (κ3) is 4.44. The molecule has 8 heteroatoms. The summed E-state index contributed by atoms with van der Waals surface area (Å²) in [5, 5.41) is 27.5. The lowest BCUT2D eigenvalue weighted by atomic mass is 10.1. The second-order valence-corrected chi connectivity index (χ2v) is 5.11. The van der Waals surface area contributed by atoms with E-state index in [-0.39, 0.29) is 0 Å². The predicted molar refractivity (Wildman–Crippen MR) is 83.0 cm³/mol. The zero-order valence-corrected chi connectivity index (χ0v) is 13.2. The maximum Gasteiger partial charge on any atom is 0.153 e. The highest BCUT2D eigenvalue weighted by Crippen LogP contribution is 2.23. The molecule has 0 aromatic carbocycles. The number of aliphatic hydroxyl groups is 3. The van der Waals surface area contributed by atoms with Crippen molar-refractivity contribution in [2.45, 2.75) is 58.2 Å². The summed E-state index contributed by atoms with van der Waals surface area (Å²) in [5.41, 5.74) is 7.01. The summed E-state index contributed by atoms with van der Waals surface area (Å²) in [6.45, 7) is 6.86. The molecule has 124 valence electrons. The number of aliphatic hydroxyl groups excluding tert-OH is 3. The van der Waals surface area contributed by atoms with Gasteiger partial charge in [0.2, 0.25) is 0 Å². The molecule has 0 amide bonds. The standard InChI is InChI=1S/C7H10N4.C7H14O4/c1-3-9-6-5(2)10-4-11-7(6)8;1-3(8)7-6(10)5(9)4(2)11-7/h3-4H,1-2H3,(H2,8,10,11);3-10H,1-2H3/t;3-,4+,5+,6+,7-/m.1/s1. The Morgan fingerprint density at radius 1 is 1.36 bits per heavy atom. The van der Waals surface area contributed by atoms with Gasteiger partial charge in [-0.25, -0.2) is 9.97 Å². The Hall–Kier alpha value is -1.61. The molecule has 0 unspecified atom stereocenters. The van der Waals surface area contributed by atoms with Gasteiger partial charge in [0.25, 0.3) is 0 Å². The van der Waals surface area contributed by atoms with Gasteiger partial charge in [-0.15, -0.1) is 0 Å². The van der Waals surface area contributed by atoms with Gasteiger partial charge >= 0.3 is 0 Å². The van der Waals surface area contributed by atoms with Crippen molar-refractivity contribution < 1.29 is 20.1 Å². The molecule has 0 saturated carbocycles. The van der Waals surface area contributed by atoms with E-state index in [0.717, 1.165) is 5.69 Å². The molecule has 2 heterocycles. The number of ether oxygens (including phenoxy) is 1. The first kappa shape index (κ1) is 18.4. The van der Waals surface area contributed by atoms with Crippen LogP contribution in [0, 0.1) is 6.92 Å². The molecule has 8 nitrogen and oxygen atoms in total. The van der Waals surface area contributed by atoms with Crippen LogP contribution >= 0.6 is 0 Å². The van der Waals surface area contributed by atoms with Crippen molar-refractivity contribution in [1.29, 1.82) is 0 Å². The first-order valence-corrected chi connectivity index (χ1v) is 7.05. The minimum atomic E-state index is -0.968. The molecule has 5 N–H and O–H groups in total. The second-order valence-electron chi connectivity index (χ2n) is 5.11. The zero-order chi connectivity index (χ0) is 16.9. The van der Waals surface area contributed by atoms with Gasteiger partial charge in [0.15, 0.2) is 5.82 Å². The maximum absolute atomic E-state index is 9.26. The third-order valence-corrected chi connectivity index (χ3v) is 3.31. The number of aromatic nitrogens is 2. The topological polar surface area (TPSA) is 134 Å². The van der Waals surface area contributed by atoms with Crippen LogP contribution in [0.1, 0.15) is 26.5 Å². The lowest BCUT2D eigenvalue weighted by Gasteiger charge is -2.16. The van der Waals surface area contributed by atoms with Crippen LogP contribution < -0.4 is 5.73 Å². The van der Waals surface area contributed by atoms with Crippen LogP contribution in [0.5, 0.6) is 0 Å². The molecule has 0 bridgehead atoms. The number of rotatable bonds is 2. The van der Waals surface area contributed by atoms with Crippen molar-refractivity contribution in [3.63, 3.8) is 0 Å². The fourth-order valence-electron chi connectivity index (χ4n) is 2.05. The average molecular weight is 312 g/mol. The van der Waals surface area contributed by atoms with Gasteiger partial charge in [-0.3, -0.25) is 4.99 Å². The first-order valence-electron chi connectivity index (χ1n) is 7.05. The molecule has 1 saturated heterocycles. The van der Waals surface area contributed by atoms with E-state index in [1.165, 1.54) is 13.3 Å². The monoisotopic (exact) mass is 312 g/mol. The normalized spacial score (nSPS) is 29.2. The van der Waals surface area contributed by atoms with Crippen LogP contribution in [-0.2, 0) is 4.74 Å². The quantitative estimate of drug-likeness (QED) is 0.563. The van der Waals surface area contributed by atoms with Gasteiger partial charge in [-0.05, 0) is 27.7 Å². The number of nitrogens with zero attached hydrogens (tertiary/aromatic N) is 3. The summed E-state index contributed by atoms with van der Waals surface area (Å²) in [4.78, 5) is 11.8. The minimum absolute atomic E-state index is 0.399. The van der Waals surface area contributed by atoms with Gasteiger partial charge in [-0.1, -0.05) is 0 Å². The van der Waals surface area contributed by atoms with Crippen molar-refractivity contribution in [3.05, 3.63) is 12.0 Å². The number of nitrogen functional groups attached to an aromatic ring is 1. The van der Waals surface area contributed by atoms with Gasteiger partial charge in [0.1, 0.15) is 30.3 Å². The second kappa shape index (κ2) is 8.14. The third-order valence-electron chi connectivity index (χ3n) is 3.31. The van der Waals surface area contributed by atoms with Gasteiger partial charge < -0.3 is 25.8 Å². The van der Waals surface area contributed by atoms with Crippen LogP contribution in [0.25, 0.3) is 0 Å². The number of hydrogen-bond donors (Lipinski definition) is 4. The smallest absolute Gasteiger partial charge is 0.153 e. The van der Waals surface area contributed by atoms with E-state index >= 15 is 0 Å². The van der Waals surface area contributed by atoms with E-state index in [0.29, 0.717) is 11.5 Å². The molecule has 1 fully saturated rings. The minimum Gasteiger partial charge on any atom is -0.391 e. The Balaban J connectivity index is 0.000000220. The summed E-state index contributed by atoms with van der Waals surface area (Å²) in [6.07, 6.45) is -0.546. The number of aryl methyl sites for hydroxylation is 1. The molecule has 0 radical (unpaired) electrons.